The molecule has 0 bridgehead atoms. The number of nitrogens with zero attached hydrogens (tertiary/aromatic N) is 2. The summed E-state index contributed by atoms with van der Waals surface area (Å²) < 4.78 is 6.22. The number of aryl methyl sites for hydroxylation is 1. The molecule has 4 unspecified atom stereocenters. The number of carbonyl (C=O) groups is 2. The first-order valence-corrected chi connectivity index (χ1v) is 10.8. The smallest absolute Gasteiger partial charge is 0.295 e. The molecule has 1 aromatic carbocycles. The zero-order valence-corrected chi connectivity index (χ0v) is 17.7. The van der Waals surface area contributed by atoms with Crippen LogP contribution in [0.15, 0.2) is 53.9 Å². The maximum atomic E-state index is 13.7. The highest BCUT2D eigenvalue weighted by Crippen LogP contribution is 2.48. The maximum Gasteiger partial charge on any atom is 0.295 e. The number of Topliss-reactive ketones (excluding diaryl/α,β-unsaturated/α-hetero) is 1. The van der Waals surface area contributed by atoms with Crippen LogP contribution in [0.1, 0.15) is 43.4 Å². The summed E-state index contributed by atoms with van der Waals surface area (Å²) in [6.45, 7) is 4.12. The summed E-state index contributed by atoms with van der Waals surface area (Å²) >= 11 is 6.27. The molecule has 1 aliphatic carbocycles. The molecule has 0 N–H and O–H groups in total. The van der Waals surface area contributed by atoms with Gasteiger partial charge in [0.2, 0.25) is 0 Å². The number of fused-ring (bicyclic) bond motifs is 1. The Morgan fingerprint density at radius 3 is 2.77 bits per heavy atom. The van der Waals surface area contributed by atoms with Gasteiger partial charge in [-0.3, -0.25) is 14.5 Å². The summed E-state index contributed by atoms with van der Waals surface area (Å²) in [5.41, 5.74) is 2.21. The Morgan fingerprint density at radius 2 is 2.00 bits per heavy atom. The van der Waals surface area contributed by atoms with Crippen molar-refractivity contribution < 1.29 is 14.3 Å². The van der Waals surface area contributed by atoms with Crippen molar-refractivity contribution in [3.8, 4) is 0 Å². The van der Waals surface area contributed by atoms with Crippen LogP contribution in [0.4, 0.5) is 5.82 Å². The van der Waals surface area contributed by atoms with Crippen molar-refractivity contribution in [2.24, 2.45) is 11.8 Å². The van der Waals surface area contributed by atoms with Gasteiger partial charge in [-0.05, 0) is 67.5 Å². The van der Waals surface area contributed by atoms with E-state index in [4.69, 9.17) is 16.3 Å². The molecule has 1 saturated carbocycles. The van der Waals surface area contributed by atoms with E-state index in [1.807, 2.05) is 31.2 Å². The first kappa shape index (κ1) is 19.3. The van der Waals surface area contributed by atoms with Gasteiger partial charge in [0.05, 0.1) is 17.5 Å². The number of hydrogen-bond acceptors (Lipinski definition) is 4. The third-order valence-electron chi connectivity index (χ3n) is 6.42. The van der Waals surface area contributed by atoms with Crippen molar-refractivity contribution in [2.45, 2.75) is 45.3 Å². The summed E-state index contributed by atoms with van der Waals surface area (Å²) in [5.74, 6) is 0.681. The molecule has 5 nitrogen and oxygen atoms in total. The van der Waals surface area contributed by atoms with Crippen molar-refractivity contribution in [3.05, 3.63) is 70.1 Å². The number of benzene rings is 1. The second-order valence-electron chi connectivity index (χ2n) is 8.61. The lowest BCUT2D eigenvalue weighted by molar-refractivity contribution is -0.132. The van der Waals surface area contributed by atoms with Gasteiger partial charge in [-0.25, -0.2) is 4.98 Å². The van der Waals surface area contributed by atoms with Crippen molar-refractivity contribution in [2.75, 3.05) is 4.90 Å². The van der Waals surface area contributed by atoms with Crippen LogP contribution in [0.2, 0.25) is 5.02 Å². The SMILES string of the molecule is Cc1ccnc(N2C(=O)C3=C(C(=O)C4CC(C)CCC4O3)C2c2cccc(Cl)c2)c1. The predicted octanol–water partition coefficient (Wildman–Crippen LogP) is 4.79. The molecule has 1 amide bonds. The first-order valence-electron chi connectivity index (χ1n) is 10.4. The number of ether oxygens (including phenoxy) is 1. The number of amides is 1. The molecule has 1 aromatic heterocycles. The fraction of sp³-hybridized carbons (Fsp3) is 0.375. The van der Waals surface area contributed by atoms with Crippen LogP contribution in [0, 0.1) is 18.8 Å². The molecule has 5 rings (SSSR count). The van der Waals surface area contributed by atoms with Crippen LogP contribution >= 0.6 is 11.6 Å². The zero-order chi connectivity index (χ0) is 21.0. The average molecular weight is 423 g/mol. The third-order valence-corrected chi connectivity index (χ3v) is 6.66. The van der Waals surface area contributed by atoms with Gasteiger partial charge in [0.25, 0.3) is 5.91 Å². The normalized spacial score (nSPS) is 28.3. The molecule has 4 atom stereocenters. The number of anilines is 1. The Morgan fingerprint density at radius 1 is 1.17 bits per heavy atom. The molecule has 0 radical (unpaired) electrons. The molecule has 2 aliphatic heterocycles. The van der Waals surface area contributed by atoms with Crippen LogP contribution in [0.3, 0.4) is 0 Å². The van der Waals surface area contributed by atoms with E-state index >= 15 is 0 Å². The number of pyridine rings is 1. The first-order chi connectivity index (χ1) is 14.4. The number of rotatable bonds is 2. The summed E-state index contributed by atoms with van der Waals surface area (Å²) in [6, 6.07) is 10.5. The summed E-state index contributed by atoms with van der Waals surface area (Å²) in [4.78, 5) is 33.2. The van der Waals surface area contributed by atoms with Crippen LogP contribution in [-0.4, -0.2) is 22.8 Å². The van der Waals surface area contributed by atoms with E-state index in [0.717, 1.165) is 30.4 Å². The zero-order valence-electron chi connectivity index (χ0n) is 17.0. The molecule has 0 saturated heterocycles. The molecule has 0 spiro atoms. The molecule has 3 aliphatic rings. The summed E-state index contributed by atoms with van der Waals surface area (Å²) in [5, 5.41) is 0.555. The summed E-state index contributed by atoms with van der Waals surface area (Å²) in [6.07, 6.45) is 4.05. The highest BCUT2D eigenvalue weighted by atomic mass is 35.5. The van der Waals surface area contributed by atoms with E-state index in [9.17, 15) is 9.59 Å². The summed E-state index contributed by atoms with van der Waals surface area (Å²) in [7, 11) is 0. The number of hydrogen-bond donors (Lipinski definition) is 0. The highest BCUT2D eigenvalue weighted by molar-refractivity contribution is 6.30. The van der Waals surface area contributed by atoms with Gasteiger partial charge >= 0.3 is 0 Å². The Labute approximate surface area is 180 Å². The minimum atomic E-state index is -0.591. The van der Waals surface area contributed by atoms with E-state index in [-0.39, 0.29) is 29.5 Å². The van der Waals surface area contributed by atoms with Gasteiger partial charge in [0.15, 0.2) is 11.5 Å². The van der Waals surface area contributed by atoms with Crippen molar-refractivity contribution in [1.29, 1.82) is 0 Å². The van der Waals surface area contributed by atoms with E-state index < -0.39 is 6.04 Å². The molecule has 1 fully saturated rings. The average Bonchev–Trinajstić information content (AvgIpc) is 3.01. The lowest BCUT2D eigenvalue weighted by atomic mass is 9.74. The number of ketones is 1. The van der Waals surface area contributed by atoms with Crippen LogP contribution in [-0.2, 0) is 14.3 Å². The molecule has 30 heavy (non-hydrogen) atoms. The maximum absolute atomic E-state index is 13.7. The van der Waals surface area contributed by atoms with E-state index in [2.05, 4.69) is 11.9 Å². The van der Waals surface area contributed by atoms with Gasteiger partial charge < -0.3 is 4.74 Å². The molecular formula is C24H23ClN2O3. The lowest BCUT2D eigenvalue weighted by Gasteiger charge is -2.37. The Kier molecular flexibility index (Phi) is 4.66. The standard InChI is InChI=1S/C24H23ClN2O3/c1-13-6-7-18-17(10-13)22(28)20-21(15-4-3-5-16(25)12-15)27(24(29)23(20)30-18)19-11-14(2)8-9-26-19/h3-5,8-9,11-13,17-18,21H,6-7,10H2,1-2H3. The van der Waals surface area contributed by atoms with Crippen molar-refractivity contribution >= 4 is 29.1 Å². The van der Waals surface area contributed by atoms with E-state index in [1.54, 1.807) is 23.2 Å². The topological polar surface area (TPSA) is 59.5 Å². The van der Waals surface area contributed by atoms with Gasteiger partial charge in [-0.1, -0.05) is 30.7 Å². The van der Waals surface area contributed by atoms with Crippen LogP contribution in [0.5, 0.6) is 0 Å². The predicted molar refractivity (Wildman–Crippen MR) is 114 cm³/mol. The van der Waals surface area contributed by atoms with E-state index in [0.29, 0.717) is 22.3 Å². The second kappa shape index (κ2) is 7.24. The fourth-order valence-corrected chi connectivity index (χ4v) is 5.16. The van der Waals surface area contributed by atoms with Gasteiger partial charge in [-0.15, -0.1) is 0 Å². The van der Waals surface area contributed by atoms with E-state index in [1.165, 1.54) is 0 Å². The lowest BCUT2D eigenvalue weighted by Crippen LogP contribution is -2.41. The highest BCUT2D eigenvalue weighted by Gasteiger charge is 2.53. The fourth-order valence-electron chi connectivity index (χ4n) is 4.96. The Hall–Kier alpha value is -2.66. The van der Waals surface area contributed by atoms with Crippen molar-refractivity contribution in [1.82, 2.24) is 4.98 Å². The monoisotopic (exact) mass is 422 g/mol. The number of aromatic nitrogens is 1. The number of halogens is 1. The van der Waals surface area contributed by atoms with Gasteiger partial charge in [-0.2, -0.15) is 0 Å². The van der Waals surface area contributed by atoms with Crippen molar-refractivity contribution in [3.63, 3.8) is 0 Å². The molecule has 154 valence electrons. The Bertz CT molecular complexity index is 1080. The molecule has 3 heterocycles. The largest absolute Gasteiger partial charge is 0.483 e. The number of carbonyl (C=O) groups excluding carboxylic acids is 2. The third kappa shape index (κ3) is 3.03. The molecular weight excluding hydrogens is 400 g/mol. The van der Waals surface area contributed by atoms with Gasteiger partial charge in [0, 0.05) is 11.2 Å². The Balaban J connectivity index is 1.66. The second-order valence-corrected chi connectivity index (χ2v) is 9.05. The molecule has 6 heteroatoms. The van der Waals surface area contributed by atoms with Crippen LogP contribution < -0.4 is 4.90 Å². The minimum absolute atomic E-state index is 0.0290. The molecule has 2 aromatic rings. The quantitative estimate of drug-likeness (QED) is 0.698. The van der Waals surface area contributed by atoms with Crippen LogP contribution in [0.25, 0.3) is 0 Å². The minimum Gasteiger partial charge on any atom is -0.483 e. The van der Waals surface area contributed by atoms with Gasteiger partial charge in [0.1, 0.15) is 11.9 Å².